The van der Waals surface area contributed by atoms with Crippen molar-refractivity contribution in [2.75, 3.05) is 18.4 Å². The maximum Gasteiger partial charge on any atom is 0.228 e. The molecule has 2 N–H and O–H groups in total. The molecule has 0 radical (unpaired) electrons. The first-order chi connectivity index (χ1) is 19.1. The summed E-state index contributed by atoms with van der Waals surface area (Å²) in [6.07, 6.45) is 11.7. The Hall–Kier alpha value is -4.30. The molecule has 1 atom stereocenters. The van der Waals surface area contributed by atoms with Crippen LogP contribution in [0.25, 0.3) is 22.0 Å². The largest absolute Gasteiger partial charge is 0.437 e. The molecule has 0 saturated carbocycles. The molecule has 2 aromatic carbocycles. The van der Waals surface area contributed by atoms with Gasteiger partial charge in [0.1, 0.15) is 5.75 Å². The number of aryl methyl sites for hydroxylation is 4. The molecule has 1 saturated heterocycles. The van der Waals surface area contributed by atoms with E-state index in [1.54, 1.807) is 12.4 Å². The SMILES string of the molecule is Cc1ccc2c(CCc3cnn(C)c3)cccc2c1Oc1ncccc1-c1ccnc(N[C@H]2CCCNC2)n1. The average molecular weight is 520 g/mol. The molecular weight excluding hydrogens is 486 g/mol. The second-order valence-corrected chi connectivity index (χ2v) is 10.2. The van der Waals surface area contributed by atoms with E-state index in [4.69, 9.17) is 9.72 Å². The van der Waals surface area contributed by atoms with Crippen molar-refractivity contribution < 1.29 is 4.74 Å². The monoisotopic (exact) mass is 519 g/mol. The minimum absolute atomic E-state index is 0.323. The van der Waals surface area contributed by atoms with Crippen LogP contribution in [-0.2, 0) is 19.9 Å². The fraction of sp³-hybridized carbons (Fsp3) is 0.290. The van der Waals surface area contributed by atoms with Gasteiger partial charge in [-0.25, -0.2) is 15.0 Å². The van der Waals surface area contributed by atoms with Crippen molar-refractivity contribution in [3.05, 3.63) is 90.0 Å². The second kappa shape index (κ2) is 11.2. The molecule has 0 aliphatic carbocycles. The predicted molar refractivity (Wildman–Crippen MR) is 154 cm³/mol. The second-order valence-electron chi connectivity index (χ2n) is 10.2. The van der Waals surface area contributed by atoms with Crippen LogP contribution in [0.1, 0.15) is 29.5 Å². The topological polar surface area (TPSA) is 89.8 Å². The van der Waals surface area contributed by atoms with E-state index in [9.17, 15) is 0 Å². The summed E-state index contributed by atoms with van der Waals surface area (Å²) in [7, 11) is 1.95. The van der Waals surface area contributed by atoms with E-state index in [0.717, 1.165) is 66.7 Å². The Bertz CT molecular complexity index is 1590. The molecule has 0 unspecified atom stereocenters. The first kappa shape index (κ1) is 25.0. The van der Waals surface area contributed by atoms with E-state index >= 15 is 0 Å². The van der Waals surface area contributed by atoms with Crippen molar-refractivity contribution in [1.82, 2.24) is 30.0 Å². The van der Waals surface area contributed by atoms with Gasteiger partial charge in [0, 0.05) is 43.6 Å². The van der Waals surface area contributed by atoms with Crippen molar-refractivity contribution in [2.45, 2.75) is 38.6 Å². The highest BCUT2D eigenvalue weighted by Gasteiger charge is 2.17. The van der Waals surface area contributed by atoms with Gasteiger partial charge in [-0.3, -0.25) is 4.68 Å². The van der Waals surface area contributed by atoms with Crippen LogP contribution in [0.4, 0.5) is 5.95 Å². The van der Waals surface area contributed by atoms with Gasteiger partial charge in [0.25, 0.3) is 0 Å². The molecule has 8 heteroatoms. The van der Waals surface area contributed by atoms with Gasteiger partial charge in [-0.1, -0.05) is 30.3 Å². The van der Waals surface area contributed by atoms with Crippen LogP contribution in [-0.4, -0.2) is 43.9 Å². The summed E-state index contributed by atoms with van der Waals surface area (Å²) in [5.74, 6) is 1.96. The summed E-state index contributed by atoms with van der Waals surface area (Å²) < 4.78 is 8.45. The lowest BCUT2D eigenvalue weighted by molar-refractivity contribution is 0.466. The molecule has 0 bridgehead atoms. The number of hydrogen-bond donors (Lipinski definition) is 2. The van der Waals surface area contributed by atoms with Crippen molar-refractivity contribution >= 4 is 16.7 Å². The van der Waals surface area contributed by atoms with Crippen LogP contribution < -0.4 is 15.4 Å². The van der Waals surface area contributed by atoms with Crippen LogP contribution in [0.2, 0.25) is 0 Å². The highest BCUT2D eigenvalue weighted by atomic mass is 16.5. The predicted octanol–water partition coefficient (Wildman–Crippen LogP) is 5.48. The molecule has 1 aliphatic heterocycles. The maximum absolute atomic E-state index is 6.60. The molecule has 3 aromatic heterocycles. The highest BCUT2D eigenvalue weighted by molar-refractivity contribution is 5.92. The number of hydrogen-bond acceptors (Lipinski definition) is 7. The minimum Gasteiger partial charge on any atom is -0.437 e. The number of benzene rings is 2. The molecule has 1 aliphatic rings. The van der Waals surface area contributed by atoms with Crippen LogP contribution in [0.5, 0.6) is 11.6 Å². The van der Waals surface area contributed by atoms with E-state index < -0.39 is 0 Å². The Morgan fingerprint density at radius 2 is 1.97 bits per heavy atom. The van der Waals surface area contributed by atoms with Crippen LogP contribution >= 0.6 is 0 Å². The molecule has 8 nitrogen and oxygen atoms in total. The van der Waals surface area contributed by atoms with Crippen molar-refractivity contribution in [1.29, 1.82) is 0 Å². The molecule has 198 valence electrons. The Morgan fingerprint density at radius 3 is 2.82 bits per heavy atom. The third-order valence-corrected chi connectivity index (χ3v) is 7.27. The number of ether oxygens (including phenoxy) is 1. The number of piperidine rings is 1. The van der Waals surface area contributed by atoms with E-state index in [1.165, 1.54) is 16.5 Å². The maximum atomic E-state index is 6.60. The molecule has 0 amide bonds. The molecule has 5 aromatic rings. The summed E-state index contributed by atoms with van der Waals surface area (Å²) in [5.41, 5.74) is 5.17. The normalized spacial score (nSPS) is 15.4. The van der Waals surface area contributed by atoms with Crippen LogP contribution in [0.15, 0.2) is 73.3 Å². The Labute approximate surface area is 228 Å². The highest BCUT2D eigenvalue weighted by Crippen LogP contribution is 2.37. The van der Waals surface area contributed by atoms with E-state index in [1.807, 2.05) is 36.1 Å². The van der Waals surface area contributed by atoms with Gasteiger partial charge in [-0.05, 0) is 79.4 Å². The number of anilines is 1. The van der Waals surface area contributed by atoms with Gasteiger partial charge in [-0.15, -0.1) is 0 Å². The average Bonchev–Trinajstić information content (AvgIpc) is 3.39. The Balaban J connectivity index is 1.30. The van der Waals surface area contributed by atoms with Crippen LogP contribution in [0.3, 0.4) is 0 Å². The van der Waals surface area contributed by atoms with Gasteiger partial charge in [0.15, 0.2) is 0 Å². The van der Waals surface area contributed by atoms with Crippen molar-refractivity contribution in [2.24, 2.45) is 7.05 Å². The molecule has 0 spiro atoms. The summed E-state index contributed by atoms with van der Waals surface area (Å²) in [6, 6.07) is 16.9. The van der Waals surface area contributed by atoms with E-state index in [0.29, 0.717) is 17.9 Å². The van der Waals surface area contributed by atoms with E-state index in [2.05, 4.69) is 69.2 Å². The molecule has 6 rings (SSSR count). The summed E-state index contributed by atoms with van der Waals surface area (Å²) in [6.45, 7) is 4.05. The smallest absolute Gasteiger partial charge is 0.228 e. The zero-order valence-electron chi connectivity index (χ0n) is 22.4. The van der Waals surface area contributed by atoms with Crippen LogP contribution in [0, 0.1) is 6.92 Å². The number of fused-ring (bicyclic) bond motifs is 1. The van der Waals surface area contributed by atoms with Crippen molar-refractivity contribution in [3.63, 3.8) is 0 Å². The van der Waals surface area contributed by atoms with E-state index in [-0.39, 0.29) is 0 Å². The zero-order chi connectivity index (χ0) is 26.6. The van der Waals surface area contributed by atoms with Gasteiger partial charge in [0.2, 0.25) is 11.8 Å². The lowest BCUT2D eigenvalue weighted by Gasteiger charge is -2.23. The number of nitrogens with zero attached hydrogens (tertiary/aromatic N) is 5. The van der Waals surface area contributed by atoms with Crippen molar-refractivity contribution in [3.8, 4) is 22.9 Å². The molecular formula is C31H33N7O. The van der Waals surface area contributed by atoms with Gasteiger partial charge in [-0.2, -0.15) is 5.10 Å². The first-order valence-corrected chi connectivity index (χ1v) is 13.6. The van der Waals surface area contributed by atoms with Gasteiger partial charge < -0.3 is 15.4 Å². The molecule has 4 heterocycles. The Kier molecular flexibility index (Phi) is 7.19. The molecule has 1 fully saturated rings. The fourth-order valence-electron chi connectivity index (χ4n) is 5.24. The lowest BCUT2D eigenvalue weighted by atomic mass is 9.97. The number of pyridine rings is 1. The van der Waals surface area contributed by atoms with Gasteiger partial charge in [0.05, 0.1) is 17.5 Å². The van der Waals surface area contributed by atoms with Gasteiger partial charge >= 0.3 is 0 Å². The first-order valence-electron chi connectivity index (χ1n) is 13.6. The number of nitrogens with one attached hydrogen (secondary N) is 2. The third-order valence-electron chi connectivity index (χ3n) is 7.27. The number of rotatable bonds is 8. The standard InChI is InChI=1S/C31H33N7O/c1-21-10-13-25-23(12-11-22-18-35-38(2)20-22)6-3-8-26(25)29(21)39-30-27(9-5-16-33-30)28-14-17-34-31(37-28)36-24-7-4-15-32-19-24/h3,5-6,8-10,13-14,16-18,20,24,32H,4,7,11-12,15,19H2,1-2H3,(H,34,36,37)/t24-/m0/s1. The third kappa shape index (κ3) is 5.61. The molecule has 39 heavy (non-hydrogen) atoms. The summed E-state index contributed by atoms with van der Waals surface area (Å²) in [4.78, 5) is 13.9. The zero-order valence-corrected chi connectivity index (χ0v) is 22.4. The summed E-state index contributed by atoms with van der Waals surface area (Å²) >= 11 is 0. The lowest BCUT2D eigenvalue weighted by Crippen LogP contribution is -2.38. The fourth-order valence-corrected chi connectivity index (χ4v) is 5.24. The Morgan fingerprint density at radius 1 is 1.03 bits per heavy atom. The minimum atomic E-state index is 0.323. The number of aromatic nitrogens is 5. The quantitative estimate of drug-likeness (QED) is 0.281. The summed E-state index contributed by atoms with van der Waals surface area (Å²) in [5, 5.41) is 13.5.